The molecule has 1 amide bonds. The molecule has 0 fully saturated rings. The number of carbonyl (C=O) groups excluding carboxylic acids is 2. The second kappa shape index (κ2) is 10.8. The Labute approximate surface area is 222 Å². The van der Waals surface area contributed by atoms with Gasteiger partial charge in [-0.2, -0.15) is 39.5 Å². The second-order valence-electron chi connectivity index (χ2n) is 9.61. The second-order valence-corrected chi connectivity index (χ2v) is 9.61. The summed E-state index contributed by atoms with van der Waals surface area (Å²) in [4.78, 5) is 26.9. The van der Waals surface area contributed by atoms with E-state index in [1.165, 1.54) is 20.8 Å². The van der Waals surface area contributed by atoms with Gasteiger partial charge in [-0.15, -0.1) is 0 Å². The number of esters is 1. The van der Waals surface area contributed by atoms with Gasteiger partial charge in [-0.1, -0.05) is 0 Å². The number of carbonyl (C=O) groups is 2. The number of nitrogens with zero attached hydrogens (tertiary/aromatic N) is 1. The first kappa shape index (κ1) is 31.1. The monoisotopic (exact) mass is 585 g/mol. The van der Waals surface area contributed by atoms with Crippen LogP contribution >= 0.6 is 0 Å². The van der Waals surface area contributed by atoms with E-state index in [0.29, 0.717) is 24.3 Å². The predicted octanol–water partition coefficient (Wildman–Crippen LogP) is 7.93. The Morgan fingerprint density at radius 2 is 1.38 bits per heavy atom. The number of methoxy groups -OCH3 is 1. The molecule has 0 aromatic heterocycles. The summed E-state index contributed by atoms with van der Waals surface area (Å²) in [6.45, 7) is 4.51. The van der Waals surface area contributed by atoms with Crippen LogP contribution in [0.1, 0.15) is 66.8 Å². The fourth-order valence-corrected chi connectivity index (χ4v) is 4.76. The zero-order valence-electron chi connectivity index (χ0n) is 21.5. The molecule has 3 rings (SSSR count). The summed E-state index contributed by atoms with van der Waals surface area (Å²) in [7, 11) is 0.846. The molecule has 14 heteroatoms. The molecule has 5 nitrogen and oxygen atoms in total. The van der Waals surface area contributed by atoms with Crippen molar-refractivity contribution >= 4 is 17.7 Å². The maximum absolute atomic E-state index is 13.7. The maximum Gasteiger partial charge on any atom is 0.416 e. The first-order chi connectivity index (χ1) is 18.3. The number of halogens is 9. The average molecular weight is 585 g/mol. The molecule has 0 N–H and O–H groups in total. The van der Waals surface area contributed by atoms with Gasteiger partial charge in [-0.3, -0.25) is 9.69 Å². The molecule has 3 atom stereocenters. The molecule has 220 valence electrons. The zero-order valence-corrected chi connectivity index (χ0v) is 21.5. The Morgan fingerprint density at radius 3 is 1.82 bits per heavy atom. The summed E-state index contributed by atoms with van der Waals surface area (Å²) in [5.74, 6) is -4.57. The van der Waals surface area contributed by atoms with Crippen LogP contribution in [0.4, 0.5) is 50.0 Å². The minimum Gasteiger partial charge on any atom is -0.469 e. The normalized spacial score (nSPS) is 18.8. The van der Waals surface area contributed by atoms with Gasteiger partial charge in [0.05, 0.1) is 41.5 Å². The Morgan fingerprint density at radius 1 is 0.850 bits per heavy atom. The third kappa shape index (κ3) is 6.47. The highest BCUT2D eigenvalue weighted by molar-refractivity contribution is 5.91. The fraction of sp³-hybridized carbons (Fsp3) is 0.462. The van der Waals surface area contributed by atoms with E-state index >= 15 is 0 Å². The molecule has 0 saturated heterocycles. The Balaban J connectivity index is 2.32. The zero-order chi connectivity index (χ0) is 30.4. The predicted molar refractivity (Wildman–Crippen MR) is 124 cm³/mol. The largest absolute Gasteiger partial charge is 0.469 e. The lowest BCUT2D eigenvalue weighted by molar-refractivity contribution is -0.146. The molecule has 1 heterocycles. The van der Waals surface area contributed by atoms with Crippen molar-refractivity contribution in [3.05, 3.63) is 64.2 Å². The molecule has 0 saturated carbocycles. The molecule has 0 aliphatic carbocycles. The van der Waals surface area contributed by atoms with Crippen molar-refractivity contribution in [1.82, 2.24) is 0 Å². The van der Waals surface area contributed by atoms with Gasteiger partial charge in [-0.05, 0) is 74.7 Å². The van der Waals surface area contributed by atoms with Gasteiger partial charge < -0.3 is 9.47 Å². The fourth-order valence-electron chi connectivity index (χ4n) is 4.76. The summed E-state index contributed by atoms with van der Waals surface area (Å²) in [5, 5.41) is 0. The quantitative estimate of drug-likeness (QED) is 0.270. The topological polar surface area (TPSA) is 55.8 Å². The summed E-state index contributed by atoms with van der Waals surface area (Å²) < 4.78 is 132. The average Bonchev–Trinajstić information content (AvgIpc) is 2.81. The molecule has 0 bridgehead atoms. The number of ether oxygens (including phenoxy) is 2. The Bertz CT molecular complexity index is 1240. The molecular formula is C26H24F9NO4. The molecule has 0 unspecified atom stereocenters. The maximum atomic E-state index is 13.7. The van der Waals surface area contributed by atoms with Crippen LogP contribution in [-0.2, 0) is 32.8 Å². The molecule has 1 aliphatic heterocycles. The lowest BCUT2D eigenvalue weighted by Crippen LogP contribution is -2.45. The van der Waals surface area contributed by atoms with Gasteiger partial charge in [0, 0.05) is 12.0 Å². The van der Waals surface area contributed by atoms with E-state index in [-0.39, 0.29) is 23.7 Å². The van der Waals surface area contributed by atoms with E-state index in [1.54, 1.807) is 0 Å². The molecule has 0 spiro atoms. The van der Waals surface area contributed by atoms with Crippen LogP contribution in [0.5, 0.6) is 0 Å². The number of fused-ring (bicyclic) bond motifs is 1. The molecule has 40 heavy (non-hydrogen) atoms. The number of hydrogen-bond donors (Lipinski definition) is 0. The van der Waals surface area contributed by atoms with Gasteiger partial charge in [0.1, 0.15) is 0 Å². The number of benzene rings is 2. The Kier molecular flexibility index (Phi) is 8.43. The first-order valence-electron chi connectivity index (χ1n) is 11.8. The van der Waals surface area contributed by atoms with Crippen LogP contribution in [0.25, 0.3) is 0 Å². The van der Waals surface area contributed by atoms with Crippen LogP contribution in [0, 0.1) is 0 Å². The third-order valence-electron chi connectivity index (χ3n) is 6.41. The van der Waals surface area contributed by atoms with Crippen LogP contribution in [-0.4, -0.2) is 31.3 Å². The van der Waals surface area contributed by atoms with Crippen LogP contribution in [0.3, 0.4) is 0 Å². The number of amides is 1. The van der Waals surface area contributed by atoms with Crippen molar-refractivity contribution in [3.63, 3.8) is 0 Å². The molecular weight excluding hydrogens is 561 g/mol. The molecule has 2 aromatic carbocycles. The lowest BCUT2D eigenvalue weighted by atomic mass is 9.74. The molecule has 2 aromatic rings. The number of hydrogen-bond acceptors (Lipinski definition) is 4. The lowest BCUT2D eigenvalue weighted by Gasteiger charge is -2.41. The van der Waals surface area contributed by atoms with Crippen LogP contribution < -0.4 is 4.90 Å². The van der Waals surface area contributed by atoms with E-state index in [1.807, 2.05) is 0 Å². The first-order valence-corrected chi connectivity index (χ1v) is 11.8. The van der Waals surface area contributed by atoms with E-state index in [9.17, 15) is 49.1 Å². The van der Waals surface area contributed by atoms with Crippen molar-refractivity contribution in [2.24, 2.45) is 0 Å². The smallest absolute Gasteiger partial charge is 0.416 e. The van der Waals surface area contributed by atoms with E-state index in [4.69, 9.17) is 9.47 Å². The number of rotatable bonds is 4. The van der Waals surface area contributed by atoms with Gasteiger partial charge in [-0.25, -0.2) is 4.79 Å². The highest BCUT2D eigenvalue weighted by Gasteiger charge is 2.45. The van der Waals surface area contributed by atoms with Crippen LogP contribution in [0.2, 0.25) is 0 Å². The van der Waals surface area contributed by atoms with Crippen molar-refractivity contribution < 1.29 is 58.6 Å². The van der Waals surface area contributed by atoms with Gasteiger partial charge in [0.15, 0.2) is 0 Å². The van der Waals surface area contributed by atoms with Gasteiger partial charge >= 0.3 is 30.6 Å². The van der Waals surface area contributed by atoms with E-state index < -0.39 is 76.8 Å². The van der Waals surface area contributed by atoms with E-state index in [2.05, 4.69) is 0 Å². The summed E-state index contributed by atoms with van der Waals surface area (Å²) in [6, 6.07) is 1.91. The van der Waals surface area contributed by atoms with Crippen LogP contribution in [0.15, 0.2) is 36.4 Å². The highest BCUT2D eigenvalue weighted by atomic mass is 19.4. The SMILES string of the molecule is COC(=O)[C@@H](c1cc(C(F)(F)F)cc(C(F)(F)F)c1)[C@@H]1C[C@H](C)N(C(=O)OC(C)C)c2ccc(C(F)(F)F)cc21. The summed E-state index contributed by atoms with van der Waals surface area (Å²) in [5.41, 5.74) is -5.81. The summed E-state index contributed by atoms with van der Waals surface area (Å²) in [6.07, 6.45) is -17.3. The van der Waals surface area contributed by atoms with Crippen molar-refractivity contribution in [2.45, 2.75) is 69.7 Å². The summed E-state index contributed by atoms with van der Waals surface area (Å²) >= 11 is 0. The minimum atomic E-state index is -5.24. The van der Waals surface area contributed by atoms with Crippen molar-refractivity contribution in [3.8, 4) is 0 Å². The van der Waals surface area contributed by atoms with Gasteiger partial charge in [0.2, 0.25) is 0 Å². The van der Waals surface area contributed by atoms with Crippen molar-refractivity contribution in [1.29, 1.82) is 0 Å². The standard InChI is InChI=1S/C26H24F9NO4/c1-12(2)40-23(38)36-13(3)7-19(18-11-15(24(27,28)29)5-6-20(18)36)21(22(37)39-4)14-8-16(25(30,31)32)10-17(9-14)26(33,34)35/h5-6,8-13,19,21H,7H2,1-4H3/t13-,19+,21-/m0/s1. The van der Waals surface area contributed by atoms with E-state index in [0.717, 1.165) is 18.1 Å². The molecule has 1 aliphatic rings. The Hall–Kier alpha value is -3.45. The highest BCUT2D eigenvalue weighted by Crippen LogP contribution is 2.49. The minimum absolute atomic E-state index is 0.124. The molecule has 0 radical (unpaired) electrons. The van der Waals surface area contributed by atoms with Gasteiger partial charge in [0.25, 0.3) is 0 Å². The number of alkyl halides is 9. The number of anilines is 1. The third-order valence-corrected chi connectivity index (χ3v) is 6.41. The van der Waals surface area contributed by atoms with Crippen molar-refractivity contribution in [2.75, 3.05) is 12.0 Å².